The summed E-state index contributed by atoms with van der Waals surface area (Å²) in [6, 6.07) is 6.53. The Hall–Kier alpha value is -2.31. The van der Waals surface area contributed by atoms with E-state index >= 15 is 0 Å². The molecule has 8 heteroatoms. The number of halogens is 2. The van der Waals surface area contributed by atoms with Crippen molar-refractivity contribution in [1.29, 1.82) is 0 Å². The van der Waals surface area contributed by atoms with E-state index in [1.54, 1.807) is 18.2 Å². The number of benzene rings is 1. The van der Waals surface area contributed by atoms with Crippen LogP contribution in [0.1, 0.15) is 5.56 Å². The molecule has 0 radical (unpaired) electrons. The molecule has 0 fully saturated rings. The number of carbonyl (C=O) groups excluding carboxylic acids is 1. The van der Waals surface area contributed by atoms with E-state index in [2.05, 4.69) is 10.4 Å². The van der Waals surface area contributed by atoms with Gasteiger partial charge in [-0.25, -0.2) is 0 Å². The van der Waals surface area contributed by atoms with Crippen molar-refractivity contribution in [2.75, 3.05) is 5.32 Å². The normalized spacial score (nSPS) is 10.8. The second kappa shape index (κ2) is 7.11. The molecule has 1 aromatic carbocycles. The van der Waals surface area contributed by atoms with Crippen molar-refractivity contribution in [3.05, 3.63) is 52.1 Å². The summed E-state index contributed by atoms with van der Waals surface area (Å²) in [7, 11) is 0. The minimum atomic E-state index is -1.02. The molecule has 0 saturated heterocycles. The molecule has 1 amide bonds. The number of anilines is 1. The maximum Gasteiger partial charge on any atom is 0.325 e. The number of amides is 1. The minimum Gasteiger partial charge on any atom is -0.480 e. The van der Waals surface area contributed by atoms with Gasteiger partial charge in [0.25, 0.3) is 0 Å². The molecular weight excluding hydrogens is 329 g/mol. The van der Waals surface area contributed by atoms with Gasteiger partial charge in [0.1, 0.15) is 6.54 Å². The Morgan fingerprint density at radius 1 is 1.27 bits per heavy atom. The molecule has 0 aliphatic rings. The van der Waals surface area contributed by atoms with Crippen LogP contribution in [0.3, 0.4) is 0 Å². The van der Waals surface area contributed by atoms with Gasteiger partial charge in [0.2, 0.25) is 5.91 Å². The molecule has 6 nitrogen and oxygen atoms in total. The van der Waals surface area contributed by atoms with E-state index in [1.165, 1.54) is 29.1 Å². The fourth-order valence-electron chi connectivity index (χ4n) is 1.65. The predicted octanol–water partition coefficient (Wildman–Crippen LogP) is 2.93. The number of carboxylic acids is 1. The SMILES string of the molecule is O=C(O)Cn1ccc(NC(=O)C=Cc2c(Cl)cccc2Cl)n1. The average molecular weight is 340 g/mol. The molecule has 2 aromatic rings. The number of aromatic nitrogens is 2. The molecule has 1 heterocycles. The molecule has 1 aromatic heterocycles. The summed E-state index contributed by atoms with van der Waals surface area (Å²) in [6.45, 7) is -0.277. The Bertz CT molecular complexity index is 720. The van der Waals surface area contributed by atoms with Gasteiger partial charge >= 0.3 is 5.97 Å². The quantitative estimate of drug-likeness (QED) is 0.820. The standard InChI is InChI=1S/C14H11Cl2N3O3/c15-10-2-1-3-11(16)9(10)4-5-13(20)17-12-6-7-19(18-12)8-14(21)22/h1-7H,8H2,(H,21,22)(H,17,18,20). The molecule has 0 aliphatic heterocycles. The fourth-order valence-corrected chi connectivity index (χ4v) is 2.18. The van der Waals surface area contributed by atoms with Crippen LogP contribution in [0, 0.1) is 0 Å². The van der Waals surface area contributed by atoms with Gasteiger partial charge < -0.3 is 10.4 Å². The topological polar surface area (TPSA) is 84.2 Å². The number of hydrogen-bond donors (Lipinski definition) is 2. The van der Waals surface area contributed by atoms with Gasteiger partial charge in [0.15, 0.2) is 5.82 Å². The summed E-state index contributed by atoms with van der Waals surface area (Å²) in [4.78, 5) is 22.3. The third kappa shape index (κ3) is 4.34. The average Bonchev–Trinajstić information content (AvgIpc) is 2.84. The van der Waals surface area contributed by atoms with Crippen molar-refractivity contribution < 1.29 is 14.7 Å². The number of aliphatic carboxylic acids is 1. The maximum absolute atomic E-state index is 11.8. The van der Waals surface area contributed by atoms with Gasteiger partial charge in [-0.1, -0.05) is 29.3 Å². The lowest BCUT2D eigenvalue weighted by atomic mass is 10.2. The summed E-state index contributed by atoms with van der Waals surface area (Å²) in [5.74, 6) is -1.20. The molecule has 0 bridgehead atoms. The summed E-state index contributed by atoms with van der Waals surface area (Å²) in [5, 5.41) is 15.9. The van der Waals surface area contributed by atoms with E-state index in [4.69, 9.17) is 28.3 Å². The van der Waals surface area contributed by atoms with E-state index in [0.29, 0.717) is 15.6 Å². The highest BCUT2D eigenvalue weighted by molar-refractivity contribution is 6.37. The summed E-state index contributed by atoms with van der Waals surface area (Å²) < 4.78 is 1.20. The molecule has 0 spiro atoms. The van der Waals surface area contributed by atoms with E-state index in [1.807, 2.05) is 0 Å². The van der Waals surface area contributed by atoms with Crippen LogP contribution in [-0.4, -0.2) is 26.8 Å². The number of rotatable bonds is 5. The Morgan fingerprint density at radius 3 is 2.59 bits per heavy atom. The van der Waals surface area contributed by atoms with Crippen LogP contribution in [-0.2, 0) is 16.1 Å². The highest BCUT2D eigenvalue weighted by Gasteiger charge is 2.06. The molecule has 22 heavy (non-hydrogen) atoms. The third-order valence-electron chi connectivity index (χ3n) is 2.59. The first-order valence-corrected chi connectivity index (χ1v) is 6.89. The zero-order chi connectivity index (χ0) is 16.1. The lowest BCUT2D eigenvalue weighted by Gasteiger charge is -2.01. The first-order valence-electron chi connectivity index (χ1n) is 6.14. The van der Waals surface area contributed by atoms with Gasteiger partial charge in [0, 0.05) is 33.9 Å². The van der Waals surface area contributed by atoms with Gasteiger partial charge in [-0.15, -0.1) is 0 Å². The highest BCUT2D eigenvalue weighted by Crippen LogP contribution is 2.25. The van der Waals surface area contributed by atoms with Gasteiger partial charge in [0.05, 0.1) is 0 Å². The molecule has 114 valence electrons. The van der Waals surface area contributed by atoms with Crippen LogP contribution in [0.2, 0.25) is 10.0 Å². The molecule has 0 saturated carbocycles. The van der Waals surface area contributed by atoms with Crippen molar-refractivity contribution in [1.82, 2.24) is 9.78 Å². The minimum absolute atomic E-state index is 0.251. The molecule has 2 rings (SSSR count). The first-order chi connectivity index (χ1) is 10.5. The summed E-state index contributed by atoms with van der Waals surface area (Å²) >= 11 is 12.0. The van der Waals surface area contributed by atoms with Crippen molar-refractivity contribution in [2.24, 2.45) is 0 Å². The summed E-state index contributed by atoms with van der Waals surface area (Å²) in [5.41, 5.74) is 0.539. The number of carboxylic acid groups (broad SMARTS) is 1. The zero-order valence-electron chi connectivity index (χ0n) is 11.2. The lowest BCUT2D eigenvalue weighted by molar-refractivity contribution is -0.137. The van der Waals surface area contributed by atoms with Crippen LogP contribution in [0.25, 0.3) is 6.08 Å². The van der Waals surface area contributed by atoms with Gasteiger partial charge in [-0.3, -0.25) is 14.3 Å². The van der Waals surface area contributed by atoms with Crippen LogP contribution < -0.4 is 5.32 Å². The highest BCUT2D eigenvalue weighted by atomic mass is 35.5. The van der Waals surface area contributed by atoms with Crippen LogP contribution in [0.5, 0.6) is 0 Å². The van der Waals surface area contributed by atoms with Crippen molar-refractivity contribution in [2.45, 2.75) is 6.54 Å². The molecular formula is C14H11Cl2N3O3. The monoisotopic (exact) mass is 339 g/mol. The number of nitrogens with zero attached hydrogens (tertiary/aromatic N) is 2. The largest absolute Gasteiger partial charge is 0.480 e. The Labute approximate surface area is 136 Å². The maximum atomic E-state index is 11.8. The third-order valence-corrected chi connectivity index (χ3v) is 3.25. The van der Waals surface area contributed by atoms with Crippen molar-refractivity contribution in [3.8, 4) is 0 Å². The van der Waals surface area contributed by atoms with Gasteiger partial charge in [-0.05, 0) is 18.2 Å². The van der Waals surface area contributed by atoms with Crippen molar-refractivity contribution >= 4 is 47.0 Å². The molecule has 2 N–H and O–H groups in total. The van der Waals surface area contributed by atoms with E-state index in [-0.39, 0.29) is 12.4 Å². The van der Waals surface area contributed by atoms with Gasteiger partial charge in [-0.2, -0.15) is 5.10 Å². The smallest absolute Gasteiger partial charge is 0.325 e. The van der Waals surface area contributed by atoms with Crippen molar-refractivity contribution in [3.63, 3.8) is 0 Å². The van der Waals surface area contributed by atoms with Crippen LogP contribution >= 0.6 is 23.2 Å². The second-order valence-corrected chi connectivity index (χ2v) is 5.06. The number of hydrogen-bond acceptors (Lipinski definition) is 3. The Balaban J connectivity index is 2.02. The van der Waals surface area contributed by atoms with Crippen LogP contribution in [0.4, 0.5) is 5.82 Å². The molecule has 0 unspecified atom stereocenters. The van der Waals surface area contributed by atoms with Crippen LogP contribution in [0.15, 0.2) is 36.5 Å². The number of nitrogens with one attached hydrogen (secondary N) is 1. The first kappa shape index (κ1) is 16.1. The summed E-state index contributed by atoms with van der Waals surface area (Å²) in [6.07, 6.45) is 4.22. The second-order valence-electron chi connectivity index (χ2n) is 4.25. The van der Waals surface area contributed by atoms with E-state index < -0.39 is 11.9 Å². The Kier molecular flexibility index (Phi) is 5.19. The predicted molar refractivity (Wildman–Crippen MR) is 84.0 cm³/mol. The zero-order valence-corrected chi connectivity index (χ0v) is 12.7. The van der Waals surface area contributed by atoms with E-state index in [9.17, 15) is 9.59 Å². The van der Waals surface area contributed by atoms with E-state index in [0.717, 1.165) is 0 Å². The Morgan fingerprint density at radius 2 is 1.95 bits per heavy atom. The lowest BCUT2D eigenvalue weighted by Crippen LogP contribution is -2.11. The number of carbonyl (C=O) groups is 2. The molecule has 0 aliphatic carbocycles. The molecule has 0 atom stereocenters. The fraction of sp³-hybridized carbons (Fsp3) is 0.0714.